The lowest BCUT2D eigenvalue weighted by Crippen LogP contribution is -2.16. The summed E-state index contributed by atoms with van der Waals surface area (Å²) < 4.78 is 2.41. The van der Waals surface area contributed by atoms with E-state index in [1.165, 1.54) is 62.8 Å². The number of aromatic nitrogens is 2. The zero-order chi connectivity index (χ0) is 11.7. The maximum atomic E-state index is 5.83. The van der Waals surface area contributed by atoms with Crippen LogP contribution in [0.25, 0.3) is 0 Å². The van der Waals surface area contributed by atoms with Gasteiger partial charge in [0.1, 0.15) is 5.82 Å². The highest BCUT2D eigenvalue weighted by molar-refractivity contribution is 5.23. The highest BCUT2D eigenvalue weighted by atomic mass is 15.1. The highest BCUT2D eigenvalue weighted by Gasteiger charge is 2.25. The van der Waals surface area contributed by atoms with Crippen LogP contribution in [0.15, 0.2) is 0 Å². The molecule has 0 spiro atoms. The van der Waals surface area contributed by atoms with Crippen molar-refractivity contribution < 1.29 is 0 Å². The molecule has 0 amide bonds. The van der Waals surface area contributed by atoms with Gasteiger partial charge in [-0.2, -0.15) is 0 Å². The number of hydrogen-bond acceptors (Lipinski definition) is 2. The van der Waals surface area contributed by atoms with Crippen molar-refractivity contribution in [1.82, 2.24) is 9.55 Å². The van der Waals surface area contributed by atoms with Crippen molar-refractivity contribution in [1.29, 1.82) is 0 Å². The molecule has 3 rings (SSSR count). The second kappa shape index (κ2) is 4.81. The third kappa shape index (κ3) is 2.01. The number of hydrogen-bond donors (Lipinski definition) is 1. The van der Waals surface area contributed by atoms with Gasteiger partial charge in [-0.15, -0.1) is 0 Å². The Morgan fingerprint density at radius 2 is 1.94 bits per heavy atom. The Morgan fingerprint density at radius 3 is 2.71 bits per heavy atom. The quantitative estimate of drug-likeness (QED) is 0.853. The fourth-order valence-corrected chi connectivity index (χ4v) is 3.51. The van der Waals surface area contributed by atoms with Gasteiger partial charge >= 0.3 is 0 Å². The van der Waals surface area contributed by atoms with E-state index >= 15 is 0 Å². The van der Waals surface area contributed by atoms with Gasteiger partial charge in [0.25, 0.3) is 0 Å². The lowest BCUT2D eigenvalue weighted by Gasteiger charge is -2.23. The van der Waals surface area contributed by atoms with Crippen LogP contribution in [0, 0.1) is 0 Å². The smallest absolute Gasteiger partial charge is 0.123 e. The molecule has 1 fully saturated rings. The first kappa shape index (κ1) is 11.3. The molecular formula is C14H23N3. The van der Waals surface area contributed by atoms with Gasteiger partial charge in [0.15, 0.2) is 0 Å². The molecule has 1 aliphatic heterocycles. The van der Waals surface area contributed by atoms with Gasteiger partial charge in [-0.1, -0.05) is 19.3 Å². The van der Waals surface area contributed by atoms with Crippen molar-refractivity contribution in [2.75, 3.05) is 0 Å². The average Bonchev–Trinajstić information content (AvgIpc) is 2.78. The summed E-state index contributed by atoms with van der Waals surface area (Å²) in [4.78, 5) is 4.87. The van der Waals surface area contributed by atoms with Crippen LogP contribution in [0.5, 0.6) is 0 Å². The second-order valence-electron chi connectivity index (χ2n) is 5.51. The van der Waals surface area contributed by atoms with Crippen molar-refractivity contribution in [3.8, 4) is 0 Å². The Bertz CT molecular complexity index is 388. The molecule has 0 radical (unpaired) electrons. The van der Waals surface area contributed by atoms with E-state index in [0.717, 1.165) is 18.3 Å². The average molecular weight is 233 g/mol. The summed E-state index contributed by atoms with van der Waals surface area (Å²) in [6.07, 6.45) is 10.7. The van der Waals surface area contributed by atoms with E-state index in [-0.39, 0.29) is 0 Å². The van der Waals surface area contributed by atoms with Gasteiger partial charge in [0.2, 0.25) is 0 Å². The van der Waals surface area contributed by atoms with E-state index in [9.17, 15) is 0 Å². The predicted molar refractivity (Wildman–Crippen MR) is 68.9 cm³/mol. The normalized spacial score (nSPS) is 21.5. The van der Waals surface area contributed by atoms with E-state index in [2.05, 4.69) is 4.57 Å². The largest absolute Gasteiger partial charge is 0.331 e. The monoisotopic (exact) mass is 233 g/mol. The molecule has 1 aromatic rings. The summed E-state index contributed by atoms with van der Waals surface area (Å²) in [6.45, 7) is 1.74. The maximum absolute atomic E-state index is 5.83. The lowest BCUT2D eigenvalue weighted by molar-refractivity contribution is 0.430. The van der Waals surface area contributed by atoms with E-state index in [0.29, 0.717) is 6.54 Å². The first-order valence-electron chi connectivity index (χ1n) is 7.18. The number of nitrogens with two attached hydrogens (primary N) is 1. The fraction of sp³-hybridized carbons (Fsp3) is 0.786. The number of imidazole rings is 1. The van der Waals surface area contributed by atoms with Crippen molar-refractivity contribution in [3.05, 3.63) is 17.2 Å². The van der Waals surface area contributed by atoms with Crippen LogP contribution in [0.2, 0.25) is 0 Å². The lowest BCUT2D eigenvalue weighted by atomic mass is 9.85. The van der Waals surface area contributed by atoms with E-state index < -0.39 is 0 Å². The van der Waals surface area contributed by atoms with Crippen molar-refractivity contribution >= 4 is 0 Å². The molecule has 1 aliphatic carbocycles. The molecule has 94 valence electrons. The van der Waals surface area contributed by atoms with Crippen LogP contribution < -0.4 is 5.73 Å². The Kier molecular flexibility index (Phi) is 3.19. The van der Waals surface area contributed by atoms with Crippen LogP contribution in [-0.2, 0) is 19.5 Å². The standard InChI is InChI=1S/C14H23N3/c15-10-13-16-14(11-6-2-1-3-7-11)12-8-4-5-9-17(12)13/h11H,1-10,15H2. The van der Waals surface area contributed by atoms with Crippen LogP contribution in [0.3, 0.4) is 0 Å². The summed E-state index contributed by atoms with van der Waals surface area (Å²) in [7, 11) is 0. The van der Waals surface area contributed by atoms with E-state index in [4.69, 9.17) is 10.7 Å². The van der Waals surface area contributed by atoms with Crippen molar-refractivity contribution in [2.24, 2.45) is 5.73 Å². The fourth-order valence-electron chi connectivity index (χ4n) is 3.51. The summed E-state index contributed by atoms with van der Waals surface area (Å²) in [6, 6.07) is 0. The molecule has 2 heterocycles. The Labute approximate surface area is 103 Å². The Balaban J connectivity index is 1.95. The molecule has 1 saturated carbocycles. The molecule has 1 aromatic heterocycles. The van der Waals surface area contributed by atoms with Gasteiger partial charge in [0.05, 0.1) is 12.2 Å². The topological polar surface area (TPSA) is 43.8 Å². The van der Waals surface area contributed by atoms with Gasteiger partial charge < -0.3 is 10.3 Å². The summed E-state index contributed by atoms with van der Waals surface area (Å²) in [5.74, 6) is 1.85. The minimum Gasteiger partial charge on any atom is -0.331 e. The minimum atomic E-state index is 0.597. The first-order chi connectivity index (χ1) is 8.40. The van der Waals surface area contributed by atoms with Gasteiger partial charge in [0, 0.05) is 18.2 Å². The molecule has 3 nitrogen and oxygen atoms in total. The summed E-state index contributed by atoms with van der Waals surface area (Å²) in [5.41, 5.74) is 8.76. The molecule has 0 aromatic carbocycles. The van der Waals surface area contributed by atoms with Crippen LogP contribution >= 0.6 is 0 Å². The molecule has 17 heavy (non-hydrogen) atoms. The molecule has 0 saturated heterocycles. The minimum absolute atomic E-state index is 0.597. The predicted octanol–water partition coefficient (Wildman–Crippen LogP) is 2.73. The Morgan fingerprint density at radius 1 is 1.12 bits per heavy atom. The number of nitrogens with zero attached hydrogens (tertiary/aromatic N) is 2. The van der Waals surface area contributed by atoms with Crippen molar-refractivity contribution in [2.45, 2.75) is 70.4 Å². The van der Waals surface area contributed by atoms with Gasteiger partial charge in [-0.05, 0) is 32.1 Å². The zero-order valence-electron chi connectivity index (χ0n) is 10.6. The maximum Gasteiger partial charge on any atom is 0.123 e. The van der Waals surface area contributed by atoms with Crippen LogP contribution in [0.4, 0.5) is 0 Å². The van der Waals surface area contributed by atoms with Crippen LogP contribution in [0.1, 0.15) is 68.1 Å². The molecule has 0 unspecified atom stereocenters. The molecular weight excluding hydrogens is 210 g/mol. The third-order valence-corrected chi connectivity index (χ3v) is 4.40. The van der Waals surface area contributed by atoms with Crippen molar-refractivity contribution in [3.63, 3.8) is 0 Å². The van der Waals surface area contributed by atoms with Crippen LogP contribution in [-0.4, -0.2) is 9.55 Å². The highest BCUT2D eigenvalue weighted by Crippen LogP contribution is 2.35. The SMILES string of the molecule is NCc1nc(C2CCCCC2)c2n1CCCC2. The molecule has 2 N–H and O–H groups in total. The number of fused-ring (bicyclic) bond motifs is 1. The number of rotatable bonds is 2. The van der Waals surface area contributed by atoms with Gasteiger partial charge in [-0.3, -0.25) is 0 Å². The first-order valence-corrected chi connectivity index (χ1v) is 7.18. The summed E-state index contributed by atoms with van der Waals surface area (Å²) in [5, 5.41) is 0. The molecule has 2 aliphatic rings. The van der Waals surface area contributed by atoms with E-state index in [1.54, 1.807) is 0 Å². The Hall–Kier alpha value is -0.830. The summed E-state index contributed by atoms with van der Waals surface area (Å²) >= 11 is 0. The third-order valence-electron chi connectivity index (χ3n) is 4.40. The second-order valence-corrected chi connectivity index (χ2v) is 5.51. The van der Waals surface area contributed by atoms with Gasteiger partial charge in [-0.25, -0.2) is 4.98 Å². The molecule has 0 bridgehead atoms. The zero-order valence-corrected chi connectivity index (χ0v) is 10.6. The molecule has 0 atom stereocenters. The van der Waals surface area contributed by atoms with E-state index in [1.807, 2.05) is 0 Å². The molecule has 3 heteroatoms.